The molecule has 3 nitrogen and oxygen atoms in total. The molecule has 1 aromatic rings. The summed E-state index contributed by atoms with van der Waals surface area (Å²) in [4.78, 5) is 3.66. The molecule has 0 aliphatic rings. The minimum atomic E-state index is -2.67. The lowest BCUT2D eigenvalue weighted by Crippen LogP contribution is -2.05. The van der Waals surface area contributed by atoms with E-state index >= 15 is 0 Å². The molecule has 1 aromatic heterocycles. The van der Waals surface area contributed by atoms with Crippen molar-refractivity contribution in [1.82, 2.24) is 4.98 Å². The van der Waals surface area contributed by atoms with E-state index in [4.69, 9.17) is 23.1 Å². The predicted octanol–water partition coefficient (Wildman–Crippen LogP) is 1.71. The van der Waals surface area contributed by atoms with E-state index in [9.17, 15) is 8.78 Å². The Labute approximate surface area is 78.7 Å². The monoisotopic (exact) mass is 207 g/mol. The molecule has 0 atom stereocenters. The highest BCUT2D eigenvalue weighted by atomic mass is 35.5. The van der Waals surface area contributed by atoms with Gasteiger partial charge in [-0.1, -0.05) is 11.6 Å². The van der Waals surface area contributed by atoms with E-state index in [0.717, 1.165) is 6.20 Å². The molecule has 0 unspecified atom stereocenters. The Bertz CT molecular complexity index is 317. The van der Waals surface area contributed by atoms with Gasteiger partial charge in [-0.25, -0.2) is 8.78 Å². The van der Waals surface area contributed by atoms with Crippen LogP contribution in [0.4, 0.5) is 14.5 Å². The van der Waals surface area contributed by atoms with Gasteiger partial charge in [0.15, 0.2) is 0 Å². The van der Waals surface area contributed by atoms with Crippen LogP contribution >= 0.6 is 11.6 Å². The van der Waals surface area contributed by atoms with Gasteiger partial charge in [-0.2, -0.15) is 0 Å². The van der Waals surface area contributed by atoms with Crippen LogP contribution in [0.1, 0.15) is 17.7 Å². The van der Waals surface area contributed by atoms with Gasteiger partial charge in [0.2, 0.25) is 0 Å². The summed E-state index contributed by atoms with van der Waals surface area (Å²) in [7, 11) is 0. The Morgan fingerprint density at radius 3 is 2.62 bits per heavy atom. The Balaban J connectivity index is 3.23. The minimum Gasteiger partial charge on any atom is -0.397 e. The zero-order valence-corrected chi connectivity index (χ0v) is 7.35. The van der Waals surface area contributed by atoms with Gasteiger partial charge in [0.05, 0.1) is 22.0 Å². The van der Waals surface area contributed by atoms with Crippen LogP contribution in [0.2, 0.25) is 5.02 Å². The van der Waals surface area contributed by atoms with Crippen molar-refractivity contribution in [2.24, 2.45) is 5.73 Å². The van der Waals surface area contributed by atoms with Crippen molar-refractivity contribution in [3.05, 3.63) is 22.5 Å². The van der Waals surface area contributed by atoms with Crippen molar-refractivity contribution < 1.29 is 8.78 Å². The fourth-order valence-corrected chi connectivity index (χ4v) is 1.11. The smallest absolute Gasteiger partial charge is 0.267 e. The summed E-state index contributed by atoms with van der Waals surface area (Å²) in [6.07, 6.45) is -1.68. The first-order valence-corrected chi connectivity index (χ1v) is 3.86. The summed E-state index contributed by atoms with van der Waals surface area (Å²) in [5.74, 6) is 0. The molecular formula is C7H8ClF2N3. The van der Waals surface area contributed by atoms with Gasteiger partial charge in [0.25, 0.3) is 6.43 Å². The van der Waals surface area contributed by atoms with Gasteiger partial charge in [-0.3, -0.25) is 4.98 Å². The van der Waals surface area contributed by atoms with Gasteiger partial charge in [-0.15, -0.1) is 0 Å². The van der Waals surface area contributed by atoms with E-state index in [0.29, 0.717) is 5.69 Å². The number of pyridine rings is 1. The maximum Gasteiger partial charge on any atom is 0.267 e. The second-order valence-corrected chi connectivity index (χ2v) is 2.77. The number of nitrogens with two attached hydrogens (primary N) is 2. The number of rotatable bonds is 2. The number of nitrogens with zero attached hydrogens (tertiary/aromatic N) is 1. The molecule has 0 amide bonds. The summed E-state index contributed by atoms with van der Waals surface area (Å²) in [5, 5.41) is 0.0142. The molecule has 4 N–H and O–H groups in total. The highest BCUT2D eigenvalue weighted by Gasteiger charge is 2.16. The minimum absolute atomic E-state index is 0.0142. The first-order valence-electron chi connectivity index (χ1n) is 3.49. The fourth-order valence-electron chi connectivity index (χ4n) is 0.872. The standard InChI is InChI=1S/C7H8ClF2N3/c8-5-4(1-11)13-2-3(6(5)12)7(9)10/h2,7H,1,11H2,(H2,12,13). The maximum atomic E-state index is 12.2. The summed E-state index contributed by atoms with van der Waals surface area (Å²) in [5.41, 5.74) is 10.4. The van der Waals surface area contributed by atoms with E-state index < -0.39 is 6.43 Å². The summed E-state index contributed by atoms with van der Waals surface area (Å²) >= 11 is 5.64. The molecular weight excluding hydrogens is 200 g/mol. The van der Waals surface area contributed by atoms with Crippen LogP contribution in [-0.4, -0.2) is 4.98 Å². The molecule has 0 aromatic carbocycles. The summed E-state index contributed by atoms with van der Waals surface area (Å²) in [6.45, 7) is 0.0759. The van der Waals surface area contributed by atoms with Crippen molar-refractivity contribution in [3.8, 4) is 0 Å². The van der Waals surface area contributed by atoms with Crippen molar-refractivity contribution >= 4 is 17.3 Å². The topological polar surface area (TPSA) is 64.9 Å². The van der Waals surface area contributed by atoms with E-state index in [-0.39, 0.29) is 22.8 Å². The molecule has 0 aliphatic heterocycles. The van der Waals surface area contributed by atoms with Crippen LogP contribution < -0.4 is 11.5 Å². The number of hydrogen-bond acceptors (Lipinski definition) is 3. The summed E-state index contributed by atoms with van der Waals surface area (Å²) < 4.78 is 24.5. The van der Waals surface area contributed by atoms with Gasteiger partial charge < -0.3 is 11.5 Å². The van der Waals surface area contributed by atoms with Crippen LogP contribution in [0.25, 0.3) is 0 Å². The SMILES string of the molecule is NCc1ncc(C(F)F)c(N)c1Cl. The maximum absolute atomic E-state index is 12.2. The van der Waals surface area contributed by atoms with Crippen LogP contribution in [-0.2, 0) is 6.54 Å². The normalized spacial score (nSPS) is 10.8. The first kappa shape index (κ1) is 10.1. The number of aromatic nitrogens is 1. The van der Waals surface area contributed by atoms with E-state index in [1.165, 1.54) is 0 Å². The highest BCUT2D eigenvalue weighted by Crippen LogP contribution is 2.31. The largest absolute Gasteiger partial charge is 0.397 e. The Morgan fingerprint density at radius 2 is 2.15 bits per heavy atom. The highest BCUT2D eigenvalue weighted by molar-refractivity contribution is 6.33. The molecule has 0 radical (unpaired) electrons. The first-order chi connectivity index (χ1) is 6.07. The Morgan fingerprint density at radius 1 is 1.54 bits per heavy atom. The van der Waals surface area contributed by atoms with Gasteiger partial charge >= 0.3 is 0 Å². The molecule has 0 spiro atoms. The van der Waals surface area contributed by atoms with E-state index in [2.05, 4.69) is 4.98 Å². The number of halogens is 3. The molecule has 0 fully saturated rings. The molecule has 0 saturated heterocycles. The van der Waals surface area contributed by atoms with Crippen molar-refractivity contribution in [1.29, 1.82) is 0 Å². The second-order valence-electron chi connectivity index (χ2n) is 2.39. The quantitative estimate of drug-likeness (QED) is 0.776. The number of hydrogen-bond donors (Lipinski definition) is 2. The third kappa shape index (κ3) is 1.87. The average Bonchev–Trinajstić information content (AvgIpc) is 2.09. The van der Waals surface area contributed by atoms with Crippen LogP contribution in [0.5, 0.6) is 0 Å². The summed E-state index contributed by atoms with van der Waals surface area (Å²) in [6, 6.07) is 0. The van der Waals surface area contributed by atoms with Crippen LogP contribution in [0.3, 0.4) is 0 Å². The average molecular weight is 208 g/mol. The lowest BCUT2D eigenvalue weighted by molar-refractivity contribution is 0.152. The van der Waals surface area contributed by atoms with Crippen LogP contribution in [0.15, 0.2) is 6.20 Å². The number of nitrogen functional groups attached to an aromatic ring is 1. The molecule has 0 aliphatic carbocycles. The zero-order valence-electron chi connectivity index (χ0n) is 6.60. The zero-order chi connectivity index (χ0) is 10.0. The van der Waals surface area contributed by atoms with Gasteiger partial charge in [-0.05, 0) is 0 Å². The van der Waals surface area contributed by atoms with Crippen molar-refractivity contribution in [2.75, 3.05) is 5.73 Å². The van der Waals surface area contributed by atoms with Crippen molar-refractivity contribution in [2.45, 2.75) is 13.0 Å². The van der Waals surface area contributed by atoms with Crippen LogP contribution in [0, 0.1) is 0 Å². The number of anilines is 1. The lowest BCUT2D eigenvalue weighted by atomic mass is 10.2. The Hall–Kier alpha value is -0.940. The third-order valence-corrected chi connectivity index (χ3v) is 2.01. The molecule has 1 heterocycles. The molecule has 0 saturated carbocycles. The molecule has 1 rings (SSSR count). The lowest BCUT2D eigenvalue weighted by Gasteiger charge is -2.08. The Kier molecular flexibility index (Phi) is 3.00. The predicted molar refractivity (Wildman–Crippen MR) is 46.5 cm³/mol. The van der Waals surface area contributed by atoms with Gasteiger partial charge in [0.1, 0.15) is 0 Å². The number of alkyl halides is 2. The van der Waals surface area contributed by atoms with Crippen molar-refractivity contribution in [3.63, 3.8) is 0 Å². The fraction of sp³-hybridized carbons (Fsp3) is 0.286. The van der Waals surface area contributed by atoms with E-state index in [1.807, 2.05) is 0 Å². The van der Waals surface area contributed by atoms with Gasteiger partial charge in [0, 0.05) is 12.7 Å². The molecule has 6 heteroatoms. The second kappa shape index (κ2) is 3.85. The molecule has 0 bridgehead atoms. The van der Waals surface area contributed by atoms with E-state index in [1.54, 1.807) is 0 Å². The molecule has 13 heavy (non-hydrogen) atoms. The third-order valence-electron chi connectivity index (χ3n) is 1.59. The molecule has 72 valence electrons.